The minimum absolute atomic E-state index is 0.0383. The molecule has 1 aromatic rings. The summed E-state index contributed by atoms with van der Waals surface area (Å²) in [6.07, 6.45) is 7.49. The number of hydrogen-bond donors (Lipinski definition) is 1. The van der Waals surface area contributed by atoms with Crippen LogP contribution in [0, 0.1) is 11.2 Å². The van der Waals surface area contributed by atoms with E-state index in [2.05, 4.69) is 5.32 Å². The lowest BCUT2D eigenvalue weighted by molar-refractivity contribution is -0.139. The van der Waals surface area contributed by atoms with Crippen molar-refractivity contribution in [2.24, 2.45) is 5.41 Å². The second-order valence-corrected chi connectivity index (χ2v) is 9.94. The van der Waals surface area contributed by atoms with Crippen molar-refractivity contribution in [3.05, 3.63) is 29.1 Å². The van der Waals surface area contributed by atoms with Crippen molar-refractivity contribution < 1.29 is 27.8 Å². The van der Waals surface area contributed by atoms with Gasteiger partial charge in [0.05, 0.1) is 12.2 Å². The first kappa shape index (κ1) is 20.9. The van der Waals surface area contributed by atoms with Gasteiger partial charge in [-0.1, -0.05) is 0 Å². The number of carbonyl (C=O) groups is 2. The second kappa shape index (κ2) is 7.84. The predicted molar refractivity (Wildman–Crippen MR) is 109 cm³/mol. The Kier molecular flexibility index (Phi) is 5.27. The summed E-state index contributed by atoms with van der Waals surface area (Å²) in [5.74, 6) is -1.68. The monoisotopic (exact) mass is 433 g/mol. The van der Waals surface area contributed by atoms with Gasteiger partial charge in [0.25, 0.3) is 0 Å². The lowest BCUT2D eigenvalue weighted by Crippen LogP contribution is -2.46. The lowest BCUT2D eigenvalue weighted by atomic mass is 9.60. The van der Waals surface area contributed by atoms with Crippen molar-refractivity contribution in [2.75, 3.05) is 13.2 Å². The molecule has 4 saturated carbocycles. The zero-order valence-electron chi connectivity index (χ0n) is 17.7. The van der Waals surface area contributed by atoms with Crippen molar-refractivity contribution in [1.29, 1.82) is 0 Å². The SMILES string of the molecule is O=C(OC(=O)[C@@H]1CCCN1)c1cc(C2CC2)c(OCC23CCC(F)(CC2)CC3)cc1F. The molecule has 5 nitrogen and oxygen atoms in total. The molecule has 5 aliphatic rings. The summed E-state index contributed by atoms with van der Waals surface area (Å²) in [5.41, 5.74) is -0.469. The summed E-state index contributed by atoms with van der Waals surface area (Å²) in [4.78, 5) is 24.6. The molecule has 168 valence electrons. The molecule has 4 aliphatic carbocycles. The number of nitrogens with one attached hydrogen (secondary N) is 1. The fraction of sp³-hybridized carbons (Fsp3) is 0.667. The molecule has 6 rings (SSSR count). The number of esters is 2. The van der Waals surface area contributed by atoms with E-state index in [1.54, 1.807) is 0 Å². The fourth-order valence-electron chi connectivity index (χ4n) is 5.33. The van der Waals surface area contributed by atoms with Crippen molar-refractivity contribution in [2.45, 2.75) is 81.8 Å². The van der Waals surface area contributed by atoms with Crippen LogP contribution in [0.1, 0.15) is 86.0 Å². The molecular weight excluding hydrogens is 404 g/mol. The highest BCUT2D eigenvalue weighted by atomic mass is 19.1. The standard InChI is InChI=1S/C24H29F2NO4/c25-18-13-20(30-14-23-5-8-24(26,9-6-23)10-7-23)16(15-3-4-15)12-17(18)21(28)31-22(29)19-2-1-11-27-19/h12-13,15,19,27H,1-11,14H2/t19-,23?,24?/m0/s1. The summed E-state index contributed by atoms with van der Waals surface area (Å²) in [5, 5.41) is 2.98. The number of alkyl halides is 1. The highest BCUT2D eigenvalue weighted by Crippen LogP contribution is 2.54. The number of halogens is 2. The molecule has 1 saturated heterocycles. The largest absolute Gasteiger partial charge is 0.493 e. The molecule has 1 heterocycles. The van der Waals surface area contributed by atoms with Crippen LogP contribution in [0.3, 0.4) is 0 Å². The molecule has 31 heavy (non-hydrogen) atoms. The minimum Gasteiger partial charge on any atom is -0.493 e. The Hall–Kier alpha value is -2.02. The van der Waals surface area contributed by atoms with E-state index in [0.717, 1.165) is 44.1 Å². The maximum Gasteiger partial charge on any atom is 0.348 e. The first-order valence-corrected chi connectivity index (χ1v) is 11.5. The van der Waals surface area contributed by atoms with Gasteiger partial charge in [0.15, 0.2) is 0 Å². The first-order chi connectivity index (χ1) is 14.9. The number of rotatable bonds is 6. The molecule has 0 spiro atoms. The van der Waals surface area contributed by atoms with Crippen molar-refractivity contribution in [3.8, 4) is 5.75 Å². The topological polar surface area (TPSA) is 64.6 Å². The van der Waals surface area contributed by atoms with Crippen LogP contribution in [-0.2, 0) is 9.53 Å². The van der Waals surface area contributed by atoms with Gasteiger partial charge in [-0.3, -0.25) is 0 Å². The second-order valence-electron chi connectivity index (χ2n) is 9.94. The van der Waals surface area contributed by atoms with Gasteiger partial charge in [0.2, 0.25) is 0 Å². The molecule has 0 amide bonds. The molecule has 1 atom stereocenters. The average Bonchev–Trinajstić information content (AvgIpc) is 3.45. The highest BCUT2D eigenvalue weighted by Gasteiger charge is 2.49. The summed E-state index contributed by atoms with van der Waals surface area (Å²) < 4.78 is 40.3. The summed E-state index contributed by atoms with van der Waals surface area (Å²) in [6.45, 7) is 1.14. The van der Waals surface area contributed by atoms with Gasteiger partial charge in [0.1, 0.15) is 23.3 Å². The van der Waals surface area contributed by atoms with E-state index < -0.39 is 29.5 Å². The predicted octanol–water partition coefficient (Wildman–Crippen LogP) is 4.58. The molecule has 2 bridgehead atoms. The number of carbonyl (C=O) groups excluding carboxylic acids is 2. The normalized spacial score (nSPS) is 32.1. The summed E-state index contributed by atoms with van der Waals surface area (Å²) >= 11 is 0. The lowest BCUT2D eigenvalue weighted by Gasteiger charge is -2.49. The molecule has 1 aromatic carbocycles. The van der Waals surface area contributed by atoms with Crippen molar-refractivity contribution in [3.63, 3.8) is 0 Å². The van der Waals surface area contributed by atoms with E-state index in [4.69, 9.17) is 9.47 Å². The van der Waals surface area contributed by atoms with Gasteiger partial charge in [-0.25, -0.2) is 18.4 Å². The zero-order valence-corrected chi connectivity index (χ0v) is 17.7. The Morgan fingerprint density at radius 1 is 1.06 bits per heavy atom. The molecule has 5 fully saturated rings. The van der Waals surface area contributed by atoms with Crippen molar-refractivity contribution in [1.82, 2.24) is 5.32 Å². The van der Waals surface area contributed by atoms with Gasteiger partial charge in [-0.15, -0.1) is 0 Å². The molecule has 0 unspecified atom stereocenters. The van der Waals surface area contributed by atoms with E-state index in [-0.39, 0.29) is 16.9 Å². The molecular formula is C24H29F2NO4. The first-order valence-electron chi connectivity index (χ1n) is 11.5. The summed E-state index contributed by atoms with van der Waals surface area (Å²) in [6, 6.07) is 2.24. The van der Waals surface area contributed by atoms with Gasteiger partial charge in [-0.2, -0.15) is 0 Å². The number of fused-ring (bicyclic) bond motifs is 3. The van der Waals surface area contributed by atoms with Crippen LogP contribution in [-0.4, -0.2) is 36.8 Å². The van der Waals surface area contributed by atoms with Crippen LogP contribution < -0.4 is 10.1 Å². The van der Waals surface area contributed by atoms with E-state index in [1.165, 1.54) is 12.1 Å². The molecule has 0 radical (unpaired) electrons. The van der Waals surface area contributed by atoms with Gasteiger partial charge >= 0.3 is 11.9 Å². The number of ether oxygens (including phenoxy) is 2. The highest BCUT2D eigenvalue weighted by molar-refractivity contribution is 5.98. The third kappa shape index (κ3) is 4.21. The molecule has 0 aromatic heterocycles. The maximum atomic E-state index is 14.8. The van der Waals surface area contributed by atoms with E-state index in [9.17, 15) is 18.4 Å². The zero-order chi connectivity index (χ0) is 21.6. The van der Waals surface area contributed by atoms with Crippen LogP contribution in [0.5, 0.6) is 5.75 Å². The van der Waals surface area contributed by atoms with Crippen LogP contribution in [0.4, 0.5) is 8.78 Å². The third-order valence-corrected chi connectivity index (χ3v) is 7.72. The number of hydrogen-bond acceptors (Lipinski definition) is 5. The van der Waals surface area contributed by atoms with Gasteiger partial charge in [-0.05, 0) is 88.3 Å². The Bertz CT molecular complexity index is 867. The third-order valence-electron chi connectivity index (χ3n) is 7.72. The van der Waals surface area contributed by atoms with Gasteiger partial charge < -0.3 is 14.8 Å². The quantitative estimate of drug-likeness (QED) is 0.526. The van der Waals surface area contributed by atoms with Crippen molar-refractivity contribution >= 4 is 11.9 Å². The van der Waals surface area contributed by atoms with E-state index >= 15 is 0 Å². The fourth-order valence-corrected chi connectivity index (χ4v) is 5.33. The molecule has 7 heteroatoms. The van der Waals surface area contributed by atoms with Crippen LogP contribution in [0.2, 0.25) is 0 Å². The number of benzene rings is 1. The summed E-state index contributed by atoms with van der Waals surface area (Å²) in [7, 11) is 0. The molecule has 1 aliphatic heterocycles. The smallest absolute Gasteiger partial charge is 0.348 e. The van der Waals surface area contributed by atoms with Crippen LogP contribution in [0.25, 0.3) is 0 Å². The Morgan fingerprint density at radius 2 is 1.77 bits per heavy atom. The Labute approximate surface area is 180 Å². The molecule has 1 N–H and O–H groups in total. The van der Waals surface area contributed by atoms with Gasteiger partial charge in [0, 0.05) is 11.5 Å². The van der Waals surface area contributed by atoms with E-state index in [1.807, 2.05) is 0 Å². The van der Waals surface area contributed by atoms with Crippen LogP contribution in [0.15, 0.2) is 12.1 Å². The Morgan fingerprint density at radius 3 is 2.39 bits per heavy atom. The maximum absolute atomic E-state index is 14.8. The average molecular weight is 433 g/mol. The van der Waals surface area contributed by atoms with Crippen LogP contribution >= 0.6 is 0 Å². The Balaban J connectivity index is 1.30. The minimum atomic E-state index is -1.000. The van der Waals surface area contributed by atoms with E-state index in [0.29, 0.717) is 44.6 Å².